The Balaban J connectivity index is 2.38. The minimum Gasteiger partial charge on any atom is -0.493 e. The van der Waals surface area contributed by atoms with E-state index in [1.807, 2.05) is 0 Å². The van der Waals surface area contributed by atoms with Crippen LogP contribution in [0.3, 0.4) is 0 Å². The van der Waals surface area contributed by atoms with Gasteiger partial charge >= 0.3 is 0 Å². The molecule has 1 aliphatic heterocycles. The smallest absolute Gasteiger partial charge is 0.241 e. The molecule has 1 heterocycles. The van der Waals surface area contributed by atoms with Crippen LogP contribution in [0.1, 0.15) is 5.56 Å². The number of carbonyl (C=O) groups is 2. The molecule has 1 aliphatic rings. The molecular formula is C16H20N2O5S. The van der Waals surface area contributed by atoms with E-state index in [0.29, 0.717) is 17.2 Å². The van der Waals surface area contributed by atoms with E-state index >= 15 is 0 Å². The molecule has 0 spiro atoms. The van der Waals surface area contributed by atoms with Gasteiger partial charge in [-0.05, 0) is 36.3 Å². The van der Waals surface area contributed by atoms with Gasteiger partial charge in [-0.25, -0.2) is 0 Å². The second-order valence-electron chi connectivity index (χ2n) is 5.37. The number of rotatable bonds is 5. The minimum atomic E-state index is -0.838. The fourth-order valence-electron chi connectivity index (χ4n) is 2.65. The summed E-state index contributed by atoms with van der Waals surface area (Å²) in [6, 6.07) is 3.46. The number of benzene rings is 1. The first-order valence-electron chi connectivity index (χ1n) is 7.23. The van der Waals surface area contributed by atoms with Gasteiger partial charge in [0.1, 0.15) is 5.92 Å². The molecule has 0 N–H and O–H groups in total. The minimum absolute atomic E-state index is 0.200. The summed E-state index contributed by atoms with van der Waals surface area (Å²) in [5.41, 5.74) is 0.728. The van der Waals surface area contributed by atoms with Crippen molar-refractivity contribution in [2.75, 3.05) is 35.4 Å². The fourth-order valence-corrected chi connectivity index (χ4v) is 2.83. The van der Waals surface area contributed by atoms with E-state index < -0.39 is 5.92 Å². The third-order valence-electron chi connectivity index (χ3n) is 4.00. The van der Waals surface area contributed by atoms with E-state index in [2.05, 4.69) is 0 Å². The molecule has 1 saturated heterocycles. The van der Waals surface area contributed by atoms with Crippen LogP contribution in [0.4, 0.5) is 0 Å². The van der Waals surface area contributed by atoms with Crippen molar-refractivity contribution in [2.24, 2.45) is 5.92 Å². The maximum atomic E-state index is 12.4. The van der Waals surface area contributed by atoms with E-state index in [4.69, 9.17) is 26.4 Å². The molecule has 0 radical (unpaired) electrons. The number of thiocarbonyl (C=S) groups is 1. The Kier molecular flexibility index (Phi) is 5.28. The maximum Gasteiger partial charge on any atom is 0.241 e. The predicted octanol–water partition coefficient (Wildman–Crippen LogP) is 1.09. The fraction of sp³-hybridized carbons (Fsp3) is 0.438. The molecule has 0 saturated carbocycles. The molecular weight excluding hydrogens is 332 g/mol. The Morgan fingerprint density at radius 2 is 1.42 bits per heavy atom. The van der Waals surface area contributed by atoms with Gasteiger partial charge in [0.25, 0.3) is 0 Å². The SMILES string of the molecule is COc1cc(CC2C(=O)N(C)C(=S)N(C)C2=O)cc(OC)c1OC. The van der Waals surface area contributed by atoms with Crippen LogP contribution in [0.5, 0.6) is 17.2 Å². The molecule has 2 amide bonds. The topological polar surface area (TPSA) is 68.3 Å². The summed E-state index contributed by atoms with van der Waals surface area (Å²) in [4.78, 5) is 27.5. The van der Waals surface area contributed by atoms with Gasteiger partial charge in [-0.1, -0.05) is 0 Å². The highest BCUT2D eigenvalue weighted by Crippen LogP contribution is 2.39. The molecule has 0 atom stereocenters. The lowest BCUT2D eigenvalue weighted by Gasteiger charge is -2.35. The standard InChI is InChI=1S/C16H20N2O5S/c1-17-14(19)10(15(20)18(2)16(17)24)6-9-7-11(21-3)13(23-5)12(8-9)22-4/h7-8,10H,6H2,1-5H3. The number of ether oxygens (including phenoxy) is 3. The van der Waals surface area contributed by atoms with Gasteiger partial charge in [0, 0.05) is 14.1 Å². The highest BCUT2D eigenvalue weighted by molar-refractivity contribution is 7.80. The van der Waals surface area contributed by atoms with Crippen molar-refractivity contribution in [1.29, 1.82) is 0 Å². The van der Waals surface area contributed by atoms with Gasteiger partial charge < -0.3 is 14.2 Å². The lowest BCUT2D eigenvalue weighted by atomic mass is 9.94. The summed E-state index contributed by atoms with van der Waals surface area (Å²) in [5, 5.41) is 0.200. The lowest BCUT2D eigenvalue weighted by molar-refractivity contribution is -0.145. The molecule has 1 fully saturated rings. The number of nitrogens with zero attached hydrogens (tertiary/aromatic N) is 2. The highest BCUT2D eigenvalue weighted by atomic mass is 32.1. The number of hydrogen-bond donors (Lipinski definition) is 0. The van der Waals surface area contributed by atoms with Crippen LogP contribution in [-0.2, 0) is 16.0 Å². The second kappa shape index (κ2) is 7.04. The highest BCUT2D eigenvalue weighted by Gasteiger charge is 2.40. The molecule has 0 unspecified atom stereocenters. The Morgan fingerprint density at radius 1 is 0.958 bits per heavy atom. The average Bonchev–Trinajstić information content (AvgIpc) is 2.60. The van der Waals surface area contributed by atoms with Gasteiger partial charge in [-0.2, -0.15) is 0 Å². The lowest BCUT2D eigenvalue weighted by Crippen LogP contribution is -2.57. The number of carbonyl (C=O) groups excluding carboxylic acids is 2. The first-order chi connectivity index (χ1) is 11.3. The zero-order valence-corrected chi connectivity index (χ0v) is 15.1. The van der Waals surface area contributed by atoms with Gasteiger partial charge in [-0.15, -0.1) is 0 Å². The van der Waals surface area contributed by atoms with Crippen LogP contribution in [0.15, 0.2) is 12.1 Å². The van der Waals surface area contributed by atoms with Crippen LogP contribution in [0, 0.1) is 5.92 Å². The van der Waals surface area contributed by atoms with Gasteiger partial charge in [0.05, 0.1) is 21.3 Å². The van der Waals surface area contributed by atoms with E-state index in [1.54, 1.807) is 26.2 Å². The van der Waals surface area contributed by atoms with Crippen molar-refractivity contribution in [1.82, 2.24) is 9.80 Å². The largest absolute Gasteiger partial charge is 0.493 e. The van der Waals surface area contributed by atoms with Crippen LogP contribution in [-0.4, -0.2) is 62.2 Å². The normalized spacial score (nSPS) is 15.8. The molecule has 0 aliphatic carbocycles. The molecule has 130 valence electrons. The second-order valence-corrected chi connectivity index (χ2v) is 5.73. The summed E-state index contributed by atoms with van der Waals surface area (Å²) in [6.45, 7) is 0. The zero-order chi connectivity index (χ0) is 18.0. The Labute approximate surface area is 146 Å². The number of hydrogen-bond acceptors (Lipinski definition) is 6. The third kappa shape index (κ3) is 3.01. The first kappa shape index (κ1) is 18.0. The molecule has 0 bridgehead atoms. The van der Waals surface area contributed by atoms with Crippen molar-refractivity contribution in [3.05, 3.63) is 17.7 Å². The average molecular weight is 352 g/mol. The maximum absolute atomic E-state index is 12.4. The van der Waals surface area contributed by atoms with Crippen molar-refractivity contribution in [2.45, 2.75) is 6.42 Å². The van der Waals surface area contributed by atoms with E-state index in [9.17, 15) is 9.59 Å². The monoisotopic (exact) mass is 352 g/mol. The summed E-state index contributed by atoms with van der Waals surface area (Å²) in [5.74, 6) is -0.0803. The van der Waals surface area contributed by atoms with Crippen LogP contribution < -0.4 is 14.2 Å². The van der Waals surface area contributed by atoms with Crippen molar-refractivity contribution < 1.29 is 23.8 Å². The van der Waals surface area contributed by atoms with Gasteiger partial charge in [0.2, 0.25) is 17.6 Å². The molecule has 1 aromatic carbocycles. The molecule has 0 aromatic heterocycles. The van der Waals surface area contributed by atoms with Crippen molar-refractivity contribution >= 4 is 29.1 Å². The van der Waals surface area contributed by atoms with Crippen LogP contribution in [0.25, 0.3) is 0 Å². The zero-order valence-electron chi connectivity index (χ0n) is 14.3. The van der Waals surface area contributed by atoms with Crippen LogP contribution >= 0.6 is 12.2 Å². The number of methoxy groups -OCH3 is 3. The number of amides is 2. The van der Waals surface area contributed by atoms with Crippen molar-refractivity contribution in [3.8, 4) is 17.2 Å². The molecule has 7 nitrogen and oxygen atoms in total. The summed E-state index contributed by atoms with van der Waals surface area (Å²) in [6.07, 6.45) is 0.214. The molecule has 1 aromatic rings. The summed E-state index contributed by atoms with van der Waals surface area (Å²) >= 11 is 5.09. The van der Waals surface area contributed by atoms with Crippen LogP contribution in [0.2, 0.25) is 0 Å². The summed E-state index contributed by atoms with van der Waals surface area (Å²) < 4.78 is 15.9. The van der Waals surface area contributed by atoms with E-state index in [1.165, 1.54) is 31.1 Å². The first-order valence-corrected chi connectivity index (χ1v) is 7.64. The van der Waals surface area contributed by atoms with E-state index in [0.717, 1.165) is 5.56 Å². The Hall–Kier alpha value is -2.35. The van der Waals surface area contributed by atoms with Gasteiger partial charge in [-0.3, -0.25) is 19.4 Å². The Bertz CT molecular complexity index is 642. The van der Waals surface area contributed by atoms with E-state index in [-0.39, 0.29) is 23.3 Å². The molecule has 2 rings (SSSR count). The predicted molar refractivity (Wildman–Crippen MR) is 91.4 cm³/mol. The molecule has 8 heteroatoms. The Morgan fingerprint density at radius 3 is 1.79 bits per heavy atom. The third-order valence-corrected chi connectivity index (χ3v) is 4.54. The quantitative estimate of drug-likeness (QED) is 0.584. The van der Waals surface area contributed by atoms with Crippen molar-refractivity contribution in [3.63, 3.8) is 0 Å². The summed E-state index contributed by atoms with van der Waals surface area (Å²) in [7, 11) is 7.67. The van der Waals surface area contributed by atoms with Gasteiger partial charge in [0.15, 0.2) is 16.6 Å². The molecule has 24 heavy (non-hydrogen) atoms.